The quantitative estimate of drug-likeness (QED) is 0.0347. The van der Waals surface area contributed by atoms with Gasteiger partial charge in [0.05, 0.1) is 0 Å². The van der Waals surface area contributed by atoms with Crippen molar-refractivity contribution in [3.05, 3.63) is 0 Å². The summed E-state index contributed by atoms with van der Waals surface area (Å²) in [7, 11) is 0. The first-order valence-corrected chi connectivity index (χ1v) is 25.1. The summed E-state index contributed by atoms with van der Waals surface area (Å²) < 4.78 is 16.7. The molecule has 0 heterocycles. The number of carbonyl (C=O) groups excluding carboxylic acids is 3. The molecule has 0 saturated carbocycles. The summed E-state index contributed by atoms with van der Waals surface area (Å²) in [5.74, 6) is 1.58. The minimum Gasteiger partial charge on any atom is -0.462 e. The highest BCUT2D eigenvalue weighted by Gasteiger charge is 2.19. The SMILES string of the molecule is CCC(C)CCCCCCCCC(=O)O[C@@H](COC(=O)CCCCCCCCCCCCCCCCCCC(C)C)COC(=O)CCCCCCCCCC(C)C. The Hall–Kier alpha value is -1.59. The maximum Gasteiger partial charge on any atom is 0.306 e. The minimum atomic E-state index is -0.763. The number of unbranched alkanes of at least 4 members (excludes halogenated alkanes) is 26. The summed E-state index contributed by atoms with van der Waals surface area (Å²) in [6, 6.07) is 0. The van der Waals surface area contributed by atoms with E-state index in [2.05, 4.69) is 41.5 Å². The zero-order valence-corrected chi connectivity index (χ0v) is 39.1. The van der Waals surface area contributed by atoms with Crippen LogP contribution in [0.1, 0.15) is 273 Å². The lowest BCUT2D eigenvalue weighted by Gasteiger charge is -2.18. The molecule has 6 nitrogen and oxygen atoms in total. The number of rotatable bonds is 44. The zero-order chi connectivity index (χ0) is 42.0. The third-order valence-electron chi connectivity index (χ3n) is 11.8. The zero-order valence-electron chi connectivity index (χ0n) is 39.1. The van der Waals surface area contributed by atoms with Gasteiger partial charge in [-0.2, -0.15) is 0 Å². The molecule has 0 aromatic rings. The van der Waals surface area contributed by atoms with E-state index in [1.807, 2.05) is 0 Å². The van der Waals surface area contributed by atoms with Crippen molar-refractivity contribution in [2.75, 3.05) is 13.2 Å². The van der Waals surface area contributed by atoms with Gasteiger partial charge in [-0.3, -0.25) is 14.4 Å². The molecule has 0 bridgehead atoms. The van der Waals surface area contributed by atoms with E-state index in [1.54, 1.807) is 0 Å². The predicted octanol–water partition coefficient (Wildman–Crippen LogP) is 16.0. The lowest BCUT2D eigenvalue weighted by Crippen LogP contribution is -2.30. The predicted molar refractivity (Wildman–Crippen MR) is 243 cm³/mol. The summed E-state index contributed by atoms with van der Waals surface area (Å²) in [5, 5.41) is 0. The van der Waals surface area contributed by atoms with Gasteiger partial charge in [-0.25, -0.2) is 0 Å². The van der Waals surface area contributed by atoms with Crippen LogP contribution in [0.15, 0.2) is 0 Å². The van der Waals surface area contributed by atoms with Crippen molar-refractivity contribution in [2.45, 2.75) is 279 Å². The third kappa shape index (κ3) is 43.8. The smallest absolute Gasteiger partial charge is 0.306 e. The highest BCUT2D eigenvalue weighted by molar-refractivity contribution is 5.71. The van der Waals surface area contributed by atoms with Gasteiger partial charge in [0.25, 0.3) is 0 Å². The van der Waals surface area contributed by atoms with E-state index in [9.17, 15) is 14.4 Å². The Morgan fingerprint density at radius 2 is 0.614 bits per heavy atom. The minimum absolute atomic E-state index is 0.0662. The second-order valence-electron chi connectivity index (χ2n) is 18.6. The van der Waals surface area contributed by atoms with Gasteiger partial charge in [-0.15, -0.1) is 0 Å². The topological polar surface area (TPSA) is 78.9 Å². The highest BCUT2D eigenvalue weighted by Crippen LogP contribution is 2.18. The molecule has 0 aliphatic heterocycles. The number of esters is 3. The molecule has 0 saturated heterocycles. The van der Waals surface area contributed by atoms with Crippen LogP contribution in [0.2, 0.25) is 0 Å². The van der Waals surface area contributed by atoms with Crippen LogP contribution in [0.25, 0.3) is 0 Å². The van der Waals surface area contributed by atoms with E-state index in [1.165, 1.54) is 154 Å². The van der Waals surface area contributed by atoms with E-state index in [4.69, 9.17) is 14.2 Å². The van der Waals surface area contributed by atoms with Crippen LogP contribution in [-0.2, 0) is 28.6 Å². The summed E-state index contributed by atoms with van der Waals surface area (Å²) in [6.07, 6.45) is 41.1. The van der Waals surface area contributed by atoms with Crippen molar-refractivity contribution in [2.24, 2.45) is 17.8 Å². The maximum atomic E-state index is 12.7. The van der Waals surface area contributed by atoms with Gasteiger partial charge < -0.3 is 14.2 Å². The fourth-order valence-corrected chi connectivity index (χ4v) is 7.55. The van der Waals surface area contributed by atoms with Crippen LogP contribution in [0.3, 0.4) is 0 Å². The monoisotopic (exact) mass is 807 g/mol. The van der Waals surface area contributed by atoms with E-state index in [0.29, 0.717) is 19.3 Å². The molecule has 0 rings (SSSR count). The van der Waals surface area contributed by atoms with Gasteiger partial charge in [0.15, 0.2) is 6.10 Å². The van der Waals surface area contributed by atoms with Crippen molar-refractivity contribution >= 4 is 17.9 Å². The number of hydrogen-bond acceptors (Lipinski definition) is 6. The Balaban J connectivity index is 4.22. The Bertz CT molecular complexity index is 885. The lowest BCUT2D eigenvalue weighted by molar-refractivity contribution is -0.167. The Labute approximate surface area is 355 Å². The van der Waals surface area contributed by atoms with Gasteiger partial charge >= 0.3 is 17.9 Å². The van der Waals surface area contributed by atoms with Gasteiger partial charge in [0.1, 0.15) is 13.2 Å². The summed E-state index contributed by atoms with van der Waals surface area (Å²) in [4.78, 5) is 37.8. The normalized spacial score (nSPS) is 12.6. The number of hydrogen-bond donors (Lipinski definition) is 0. The molecule has 0 amide bonds. The fraction of sp³-hybridized carbons (Fsp3) is 0.941. The largest absolute Gasteiger partial charge is 0.462 e. The molecule has 0 aromatic heterocycles. The first kappa shape index (κ1) is 55.4. The molecule has 0 fully saturated rings. The third-order valence-corrected chi connectivity index (χ3v) is 11.8. The maximum absolute atomic E-state index is 12.7. The molecule has 6 heteroatoms. The molecule has 1 unspecified atom stereocenters. The van der Waals surface area contributed by atoms with Crippen molar-refractivity contribution in [1.82, 2.24) is 0 Å². The lowest BCUT2D eigenvalue weighted by atomic mass is 10.00. The second kappa shape index (κ2) is 42.5. The van der Waals surface area contributed by atoms with Crippen LogP contribution in [0.4, 0.5) is 0 Å². The molecule has 0 spiro atoms. The van der Waals surface area contributed by atoms with E-state index in [-0.39, 0.29) is 31.1 Å². The molecule has 0 aliphatic carbocycles. The molecule has 338 valence electrons. The Morgan fingerprint density at radius 1 is 0.351 bits per heavy atom. The molecular weight excluding hydrogens is 709 g/mol. The van der Waals surface area contributed by atoms with Crippen LogP contribution >= 0.6 is 0 Å². The van der Waals surface area contributed by atoms with Gasteiger partial charge in [-0.1, -0.05) is 234 Å². The van der Waals surface area contributed by atoms with Crippen LogP contribution in [0.5, 0.6) is 0 Å². The van der Waals surface area contributed by atoms with E-state index >= 15 is 0 Å². The molecule has 0 aliphatic rings. The second-order valence-corrected chi connectivity index (χ2v) is 18.6. The van der Waals surface area contributed by atoms with Crippen molar-refractivity contribution in [3.8, 4) is 0 Å². The van der Waals surface area contributed by atoms with Gasteiger partial charge in [-0.05, 0) is 37.0 Å². The van der Waals surface area contributed by atoms with Gasteiger partial charge in [0, 0.05) is 19.3 Å². The summed E-state index contributed by atoms with van der Waals surface area (Å²) >= 11 is 0. The standard InChI is InChI=1S/C51H98O6/c1-7-47(6)39-33-27-23-24-30-36-42-51(54)57-48(44-56-50(53)41-35-29-22-18-20-26-32-38-46(4)5)43-55-49(52)40-34-28-21-17-15-13-11-9-8-10-12-14-16-19-25-31-37-45(2)3/h45-48H,7-44H2,1-6H3/t47?,48-/m0/s1. The molecule has 57 heavy (non-hydrogen) atoms. The molecule has 2 atom stereocenters. The Morgan fingerprint density at radius 3 is 0.912 bits per heavy atom. The molecular formula is C51H98O6. The molecule has 0 aromatic carbocycles. The van der Waals surface area contributed by atoms with Gasteiger partial charge in [0.2, 0.25) is 0 Å². The molecule has 0 N–H and O–H groups in total. The number of carbonyl (C=O) groups is 3. The van der Waals surface area contributed by atoms with Crippen LogP contribution in [0, 0.1) is 17.8 Å². The van der Waals surface area contributed by atoms with Crippen LogP contribution < -0.4 is 0 Å². The Kier molecular flexibility index (Phi) is 41.3. The first-order chi connectivity index (χ1) is 27.6. The van der Waals surface area contributed by atoms with Crippen LogP contribution in [-0.4, -0.2) is 37.2 Å². The average Bonchev–Trinajstić information content (AvgIpc) is 3.18. The first-order valence-electron chi connectivity index (χ1n) is 25.1. The summed E-state index contributed by atoms with van der Waals surface area (Å²) in [6.45, 7) is 13.6. The fourth-order valence-electron chi connectivity index (χ4n) is 7.55. The van der Waals surface area contributed by atoms with Crippen molar-refractivity contribution in [3.63, 3.8) is 0 Å². The average molecular weight is 807 g/mol. The highest BCUT2D eigenvalue weighted by atomic mass is 16.6. The van der Waals surface area contributed by atoms with Crippen molar-refractivity contribution in [1.29, 1.82) is 0 Å². The van der Waals surface area contributed by atoms with E-state index < -0.39 is 6.10 Å². The summed E-state index contributed by atoms with van der Waals surface area (Å²) in [5.41, 5.74) is 0. The number of ether oxygens (including phenoxy) is 3. The molecule has 0 radical (unpaired) electrons. The van der Waals surface area contributed by atoms with E-state index in [0.717, 1.165) is 75.5 Å². The van der Waals surface area contributed by atoms with Crippen molar-refractivity contribution < 1.29 is 28.6 Å².